The van der Waals surface area contributed by atoms with Gasteiger partial charge >= 0.3 is 0 Å². The van der Waals surface area contributed by atoms with Crippen LogP contribution in [0.1, 0.15) is 22.3 Å². The minimum absolute atomic E-state index is 0.233. The van der Waals surface area contributed by atoms with Gasteiger partial charge in [-0.15, -0.1) is 0 Å². The van der Waals surface area contributed by atoms with Crippen LogP contribution in [0.3, 0.4) is 0 Å². The summed E-state index contributed by atoms with van der Waals surface area (Å²) in [7, 11) is 1.53. The van der Waals surface area contributed by atoms with Gasteiger partial charge in [0.2, 0.25) is 6.04 Å². The Kier molecular flexibility index (Phi) is 5.14. The van der Waals surface area contributed by atoms with Gasteiger partial charge in [-0.2, -0.15) is 5.26 Å². The van der Waals surface area contributed by atoms with Crippen molar-refractivity contribution < 1.29 is 9.66 Å². The molecule has 0 aromatic heterocycles. The molecule has 6 nitrogen and oxygen atoms in total. The summed E-state index contributed by atoms with van der Waals surface area (Å²) in [6, 6.07) is 17.3. The first-order valence-electron chi connectivity index (χ1n) is 7.95. The Morgan fingerprint density at radius 3 is 2.50 bits per heavy atom. The first-order valence-corrected chi connectivity index (χ1v) is 8.83. The zero-order chi connectivity index (χ0) is 18.7. The van der Waals surface area contributed by atoms with E-state index in [-0.39, 0.29) is 10.5 Å². The van der Waals surface area contributed by atoms with Crippen LogP contribution in [0, 0.1) is 21.4 Å². The number of methoxy groups -OCH3 is 1. The SMILES string of the molecule is COc1cccc([C@@H]2C(C#N)=C(N)S[C@H](c3ccccc3)[C@@H]2[N+](=O)[O-])c1. The summed E-state index contributed by atoms with van der Waals surface area (Å²) in [6.45, 7) is 0. The molecule has 1 aliphatic rings. The fourth-order valence-electron chi connectivity index (χ4n) is 3.23. The normalized spacial score (nSPS) is 22.5. The lowest BCUT2D eigenvalue weighted by atomic mass is 9.82. The molecule has 26 heavy (non-hydrogen) atoms. The highest BCUT2D eigenvalue weighted by molar-refractivity contribution is 8.03. The molecule has 2 aromatic rings. The lowest BCUT2D eigenvalue weighted by Gasteiger charge is -2.32. The van der Waals surface area contributed by atoms with E-state index in [0.29, 0.717) is 16.3 Å². The topological polar surface area (TPSA) is 102 Å². The van der Waals surface area contributed by atoms with Gasteiger partial charge in [-0.05, 0) is 23.3 Å². The molecule has 0 amide bonds. The second-order valence-electron chi connectivity index (χ2n) is 5.87. The molecule has 1 aliphatic heterocycles. The highest BCUT2D eigenvalue weighted by Crippen LogP contribution is 2.50. The molecular formula is C19H17N3O3S. The molecule has 2 aromatic carbocycles. The Morgan fingerprint density at radius 1 is 1.19 bits per heavy atom. The van der Waals surface area contributed by atoms with Gasteiger partial charge in [0.15, 0.2) is 0 Å². The van der Waals surface area contributed by atoms with E-state index < -0.39 is 17.2 Å². The standard InChI is InChI=1S/C19H17N3O3S/c1-25-14-9-5-8-13(10-14)16-15(11-20)19(21)26-18(17(16)22(23)24)12-6-3-2-4-7-12/h2-10,16-18H,21H2,1H3/t16-,17-,18-/m1/s1. The highest BCUT2D eigenvalue weighted by atomic mass is 32.2. The zero-order valence-electron chi connectivity index (χ0n) is 14.0. The summed E-state index contributed by atoms with van der Waals surface area (Å²) in [4.78, 5) is 11.7. The third-order valence-electron chi connectivity index (χ3n) is 4.43. The van der Waals surface area contributed by atoms with E-state index in [4.69, 9.17) is 10.5 Å². The maximum absolute atomic E-state index is 12.0. The van der Waals surface area contributed by atoms with Gasteiger partial charge in [-0.3, -0.25) is 10.1 Å². The third kappa shape index (κ3) is 3.24. The van der Waals surface area contributed by atoms with Crippen molar-refractivity contribution in [2.45, 2.75) is 17.2 Å². The van der Waals surface area contributed by atoms with Gasteiger partial charge in [-0.25, -0.2) is 0 Å². The van der Waals surface area contributed by atoms with Crippen LogP contribution in [-0.2, 0) is 0 Å². The molecule has 0 bridgehead atoms. The van der Waals surface area contributed by atoms with Crippen molar-refractivity contribution in [3.63, 3.8) is 0 Å². The quantitative estimate of drug-likeness (QED) is 0.654. The lowest BCUT2D eigenvalue weighted by Crippen LogP contribution is -2.37. The van der Waals surface area contributed by atoms with Crippen molar-refractivity contribution >= 4 is 11.8 Å². The summed E-state index contributed by atoms with van der Waals surface area (Å²) in [6.07, 6.45) is 0. The van der Waals surface area contributed by atoms with Gasteiger partial charge in [-0.1, -0.05) is 54.2 Å². The number of thioether (sulfide) groups is 1. The highest BCUT2D eigenvalue weighted by Gasteiger charge is 2.48. The molecule has 3 rings (SSSR count). The molecule has 132 valence electrons. The van der Waals surface area contributed by atoms with Crippen LogP contribution in [0.5, 0.6) is 5.75 Å². The minimum atomic E-state index is -1.02. The van der Waals surface area contributed by atoms with Gasteiger partial charge < -0.3 is 10.5 Å². The summed E-state index contributed by atoms with van der Waals surface area (Å²) in [5.41, 5.74) is 7.83. The number of nitro groups is 1. The number of benzene rings is 2. The fourth-order valence-corrected chi connectivity index (χ4v) is 4.49. The van der Waals surface area contributed by atoms with Crippen molar-refractivity contribution in [3.8, 4) is 11.8 Å². The molecule has 0 spiro atoms. The van der Waals surface area contributed by atoms with E-state index in [1.54, 1.807) is 24.3 Å². The van der Waals surface area contributed by atoms with Crippen LogP contribution < -0.4 is 10.5 Å². The minimum Gasteiger partial charge on any atom is -0.497 e. The van der Waals surface area contributed by atoms with E-state index >= 15 is 0 Å². The molecule has 0 saturated heterocycles. The molecule has 0 fully saturated rings. The van der Waals surface area contributed by atoms with Crippen LogP contribution >= 0.6 is 11.8 Å². The van der Waals surface area contributed by atoms with Crippen molar-refractivity contribution in [2.24, 2.45) is 5.73 Å². The van der Waals surface area contributed by atoms with Crippen LogP contribution in [0.4, 0.5) is 0 Å². The predicted octanol–water partition coefficient (Wildman–Crippen LogP) is 3.61. The number of hydrogen-bond acceptors (Lipinski definition) is 6. The second-order valence-corrected chi connectivity index (χ2v) is 7.05. The zero-order valence-corrected chi connectivity index (χ0v) is 14.8. The van der Waals surface area contributed by atoms with Crippen molar-refractivity contribution in [3.05, 3.63) is 86.4 Å². The summed E-state index contributed by atoms with van der Waals surface area (Å²) < 4.78 is 5.24. The van der Waals surface area contributed by atoms with Crippen molar-refractivity contribution in [1.82, 2.24) is 0 Å². The van der Waals surface area contributed by atoms with Crippen LogP contribution in [0.25, 0.3) is 0 Å². The number of hydrogen-bond donors (Lipinski definition) is 1. The smallest absolute Gasteiger partial charge is 0.240 e. The van der Waals surface area contributed by atoms with Crippen molar-refractivity contribution in [1.29, 1.82) is 5.26 Å². The Morgan fingerprint density at radius 2 is 1.88 bits per heavy atom. The van der Waals surface area contributed by atoms with Crippen LogP contribution in [-0.4, -0.2) is 18.1 Å². The van der Waals surface area contributed by atoms with E-state index in [1.165, 1.54) is 18.9 Å². The molecule has 0 aliphatic carbocycles. The average molecular weight is 367 g/mol. The number of ether oxygens (including phenoxy) is 1. The monoisotopic (exact) mass is 367 g/mol. The molecular weight excluding hydrogens is 350 g/mol. The van der Waals surface area contributed by atoms with Gasteiger partial charge in [0.05, 0.1) is 29.7 Å². The Balaban J connectivity index is 2.18. The molecule has 0 unspecified atom stereocenters. The lowest BCUT2D eigenvalue weighted by molar-refractivity contribution is -0.525. The number of nitrogens with zero attached hydrogens (tertiary/aromatic N) is 2. The number of rotatable bonds is 4. The molecule has 7 heteroatoms. The predicted molar refractivity (Wildman–Crippen MR) is 100 cm³/mol. The Hall–Kier alpha value is -2.98. The summed E-state index contributed by atoms with van der Waals surface area (Å²) in [5, 5.41) is 21.5. The first-order chi connectivity index (χ1) is 12.6. The average Bonchev–Trinajstić information content (AvgIpc) is 2.67. The van der Waals surface area contributed by atoms with E-state index in [1.807, 2.05) is 30.3 Å². The van der Waals surface area contributed by atoms with Crippen LogP contribution in [0.2, 0.25) is 0 Å². The molecule has 0 saturated carbocycles. The van der Waals surface area contributed by atoms with Crippen molar-refractivity contribution in [2.75, 3.05) is 7.11 Å². The van der Waals surface area contributed by atoms with E-state index in [2.05, 4.69) is 6.07 Å². The first kappa shape index (κ1) is 17.8. The van der Waals surface area contributed by atoms with Gasteiger partial charge in [0.1, 0.15) is 11.0 Å². The second kappa shape index (κ2) is 7.50. The Labute approximate surface area is 155 Å². The number of nitrogens with two attached hydrogens (primary N) is 1. The van der Waals surface area contributed by atoms with E-state index in [0.717, 1.165) is 5.56 Å². The van der Waals surface area contributed by atoms with Crippen LogP contribution in [0.15, 0.2) is 65.2 Å². The Bertz CT molecular complexity index is 892. The maximum Gasteiger partial charge on any atom is 0.240 e. The largest absolute Gasteiger partial charge is 0.497 e. The fraction of sp³-hybridized carbons (Fsp3) is 0.211. The maximum atomic E-state index is 12.0. The molecule has 1 heterocycles. The summed E-state index contributed by atoms with van der Waals surface area (Å²) in [5.74, 6) is -0.161. The summed E-state index contributed by atoms with van der Waals surface area (Å²) >= 11 is 1.18. The molecule has 3 atom stereocenters. The molecule has 0 radical (unpaired) electrons. The third-order valence-corrected chi connectivity index (χ3v) is 5.71. The molecule has 2 N–H and O–H groups in total. The van der Waals surface area contributed by atoms with E-state index in [9.17, 15) is 15.4 Å². The number of nitriles is 1. The van der Waals surface area contributed by atoms with Gasteiger partial charge in [0, 0.05) is 4.92 Å². The van der Waals surface area contributed by atoms with Gasteiger partial charge in [0.25, 0.3) is 0 Å².